The molecular formula is C18H22N2O3S. The van der Waals surface area contributed by atoms with Crippen molar-refractivity contribution in [3.05, 3.63) is 40.9 Å². The highest BCUT2D eigenvalue weighted by molar-refractivity contribution is 7.13. The number of ether oxygens (including phenoxy) is 1. The molecule has 1 N–H and O–H groups in total. The van der Waals surface area contributed by atoms with Crippen molar-refractivity contribution < 1.29 is 14.6 Å². The molecule has 128 valence electrons. The number of likely N-dealkylation sites (tertiary alicyclic amines) is 1. The Kier molecular flexibility index (Phi) is 5.60. The van der Waals surface area contributed by atoms with Crippen molar-refractivity contribution in [3.8, 4) is 10.6 Å². The van der Waals surface area contributed by atoms with E-state index in [1.165, 1.54) is 20.0 Å². The average Bonchev–Trinajstić information content (AvgIpc) is 3.10. The van der Waals surface area contributed by atoms with Gasteiger partial charge in [-0.1, -0.05) is 18.6 Å². The lowest BCUT2D eigenvalue weighted by atomic mass is 10.0. The summed E-state index contributed by atoms with van der Waals surface area (Å²) in [7, 11) is 1.38. The van der Waals surface area contributed by atoms with Crippen molar-refractivity contribution in [1.29, 1.82) is 0 Å². The van der Waals surface area contributed by atoms with Gasteiger partial charge in [-0.2, -0.15) is 0 Å². The monoisotopic (exact) mass is 346 g/mol. The molecule has 0 unspecified atom stereocenters. The van der Waals surface area contributed by atoms with Crippen LogP contribution in [0.5, 0.6) is 0 Å². The minimum absolute atomic E-state index is 0.207. The molecule has 2 aromatic rings. The van der Waals surface area contributed by atoms with Gasteiger partial charge in [0.25, 0.3) is 0 Å². The molecule has 0 aliphatic carbocycles. The van der Waals surface area contributed by atoms with Crippen LogP contribution >= 0.6 is 11.3 Å². The van der Waals surface area contributed by atoms with E-state index < -0.39 is 0 Å². The second-order valence-corrected chi connectivity index (χ2v) is 6.88. The van der Waals surface area contributed by atoms with Crippen LogP contribution in [0.15, 0.2) is 29.6 Å². The summed E-state index contributed by atoms with van der Waals surface area (Å²) in [5.74, 6) is -0.340. The van der Waals surface area contributed by atoms with Crippen molar-refractivity contribution in [1.82, 2.24) is 9.88 Å². The first-order chi connectivity index (χ1) is 11.7. The van der Waals surface area contributed by atoms with Crippen LogP contribution in [-0.4, -0.2) is 47.3 Å². The lowest BCUT2D eigenvalue weighted by molar-refractivity contribution is 0.0601. The standard InChI is InChI=1S/C18H22N2O3S/c1-23-18(22)14-6-4-5-13(9-14)17-19-15(12-24-17)10-20-8-3-2-7-16(20)11-21/h4-6,9,12,16,21H,2-3,7-8,10-11H2,1H3/t16-/m1/s1. The van der Waals surface area contributed by atoms with Crippen molar-refractivity contribution in [2.24, 2.45) is 0 Å². The van der Waals surface area contributed by atoms with Gasteiger partial charge in [0.2, 0.25) is 0 Å². The second-order valence-electron chi connectivity index (χ2n) is 6.02. The van der Waals surface area contributed by atoms with Crippen molar-refractivity contribution in [2.75, 3.05) is 20.3 Å². The normalized spacial score (nSPS) is 18.5. The molecule has 1 aliphatic rings. The molecule has 0 amide bonds. The molecule has 0 radical (unpaired) electrons. The number of nitrogens with zero attached hydrogens (tertiary/aromatic N) is 2. The Morgan fingerprint density at radius 3 is 3.12 bits per heavy atom. The summed E-state index contributed by atoms with van der Waals surface area (Å²) >= 11 is 1.58. The van der Waals surface area contributed by atoms with Gasteiger partial charge < -0.3 is 9.84 Å². The van der Waals surface area contributed by atoms with Gasteiger partial charge in [0.05, 0.1) is 25.0 Å². The Balaban J connectivity index is 1.74. The van der Waals surface area contributed by atoms with Crippen molar-refractivity contribution in [3.63, 3.8) is 0 Å². The lowest BCUT2D eigenvalue weighted by Gasteiger charge is -2.33. The Morgan fingerprint density at radius 2 is 2.33 bits per heavy atom. The number of esters is 1. The Hall–Kier alpha value is -1.76. The maximum Gasteiger partial charge on any atom is 0.337 e. The summed E-state index contributed by atoms with van der Waals surface area (Å²) in [6.45, 7) is 1.98. The Bertz CT molecular complexity index is 701. The fourth-order valence-electron chi connectivity index (χ4n) is 3.09. The first-order valence-electron chi connectivity index (χ1n) is 8.19. The third-order valence-electron chi connectivity index (χ3n) is 4.41. The van der Waals surface area contributed by atoms with Crippen LogP contribution in [0.2, 0.25) is 0 Å². The number of methoxy groups -OCH3 is 1. The Morgan fingerprint density at radius 1 is 1.46 bits per heavy atom. The molecule has 1 atom stereocenters. The van der Waals surface area contributed by atoms with Crippen LogP contribution < -0.4 is 0 Å². The second kappa shape index (κ2) is 7.88. The number of carbonyl (C=O) groups is 1. The zero-order valence-corrected chi connectivity index (χ0v) is 14.6. The van der Waals surface area contributed by atoms with Gasteiger partial charge in [0.15, 0.2) is 0 Å². The summed E-state index contributed by atoms with van der Waals surface area (Å²) in [6, 6.07) is 7.59. The van der Waals surface area contributed by atoms with Gasteiger partial charge in [-0.3, -0.25) is 4.90 Å². The summed E-state index contributed by atoms with van der Waals surface area (Å²) in [5, 5.41) is 12.5. The number of aliphatic hydroxyl groups is 1. The Labute approximate surface area is 145 Å². The average molecular weight is 346 g/mol. The lowest BCUT2D eigenvalue weighted by Crippen LogP contribution is -2.41. The molecule has 1 fully saturated rings. The van der Waals surface area contributed by atoms with Crippen LogP contribution in [-0.2, 0) is 11.3 Å². The van der Waals surface area contributed by atoms with E-state index in [-0.39, 0.29) is 18.6 Å². The van der Waals surface area contributed by atoms with Crippen molar-refractivity contribution >= 4 is 17.3 Å². The van der Waals surface area contributed by atoms with Crippen LogP contribution in [0, 0.1) is 0 Å². The zero-order chi connectivity index (χ0) is 16.9. The molecule has 6 heteroatoms. The molecule has 0 saturated carbocycles. The molecule has 2 heterocycles. The van der Waals surface area contributed by atoms with Gasteiger partial charge in [-0.05, 0) is 31.5 Å². The summed E-state index contributed by atoms with van der Waals surface area (Å²) < 4.78 is 4.77. The smallest absolute Gasteiger partial charge is 0.337 e. The van der Waals surface area contributed by atoms with E-state index in [4.69, 9.17) is 9.72 Å². The third kappa shape index (κ3) is 3.83. The number of piperidine rings is 1. The minimum atomic E-state index is -0.340. The predicted octanol–water partition coefficient (Wildman–Crippen LogP) is 2.94. The number of rotatable bonds is 5. The predicted molar refractivity (Wildman–Crippen MR) is 94.0 cm³/mol. The van der Waals surface area contributed by atoms with E-state index >= 15 is 0 Å². The first kappa shape index (κ1) is 17.1. The number of aromatic nitrogens is 1. The number of hydrogen-bond donors (Lipinski definition) is 1. The third-order valence-corrected chi connectivity index (χ3v) is 5.35. The molecule has 0 bridgehead atoms. The van der Waals surface area contributed by atoms with Gasteiger partial charge >= 0.3 is 5.97 Å². The number of thiazole rings is 1. The van der Waals surface area contributed by atoms with Gasteiger partial charge in [0, 0.05) is 23.5 Å². The fourth-order valence-corrected chi connectivity index (χ4v) is 3.90. The van der Waals surface area contributed by atoms with Crippen LogP contribution in [0.1, 0.15) is 35.3 Å². The number of benzene rings is 1. The van der Waals surface area contributed by atoms with Crippen LogP contribution in [0.4, 0.5) is 0 Å². The van der Waals surface area contributed by atoms with E-state index in [1.54, 1.807) is 17.4 Å². The van der Waals surface area contributed by atoms with Gasteiger partial charge in [-0.15, -0.1) is 11.3 Å². The molecule has 1 saturated heterocycles. The molecule has 3 rings (SSSR count). The van der Waals surface area contributed by atoms with Gasteiger partial charge in [-0.25, -0.2) is 9.78 Å². The number of hydrogen-bond acceptors (Lipinski definition) is 6. The summed E-state index contributed by atoms with van der Waals surface area (Å²) in [5.41, 5.74) is 2.47. The van der Waals surface area contributed by atoms with Crippen molar-refractivity contribution in [2.45, 2.75) is 31.8 Å². The van der Waals surface area contributed by atoms with Crippen LogP contribution in [0.3, 0.4) is 0 Å². The maximum atomic E-state index is 11.7. The quantitative estimate of drug-likeness (QED) is 0.844. The van der Waals surface area contributed by atoms with E-state index in [2.05, 4.69) is 10.3 Å². The highest BCUT2D eigenvalue weighted by atomic mass is 32.1. The fraction of sp³-hybridized carbons (Fsp3) is 0.444. The van der Waals surface area contributed by atoms with E-state index in [0.717, 1.165) is 35.8 Å². The molecule has 1 aliphatic heterocycles. The topological polar surface area (TPSA) is 62.7 Å². The molecule has 0 spiro atoms. The molecular weight excluding hydrogens is 324 g/mol. The SMILES string of the molecule is COC(=O)c1cccc(-c2nc(CN3CCCC[C@@H]3CO)cs2)c1. The summed E-state index contributed by atoms with van der Waals surface area (Å²) in [6.07, 6.45) is 3.41. The summed E-state index contributed by atoms with van der Waals surface area (Å²) in [4.78, 5) is 18.7. The highest BCUT2D eigenvalue weighted by Crippen LogP contribution is 2.26. The highest BCUT2D eigenvalue weighted by Gasteiger charge is 2.22. The van der Waals surface area contributed by atoms with Gasteiger partial charge in [0.1, 0.15) is 5.01 Å². The van der Waals surface area contributed by atoms with E-state index in [9.17, 15) is 9.90 Å². The van der Waals surface area contributed by atoms with Crippen LogP contribution in [0.25, 0.3) is 10.6 Å². The maximum absolute atomic E-state index is 11.7. The zero-order valence-electron chi connectivity index (χ0n) is 13.8. The number of aliphatic hydroxyl groups excluding tert-OH is 1. The number of carbonyl (C=O) groups excluding carboxylic acids is 1. The largest absolute Gasteiger partial charge is 0.465 e. The molecule has 24 heavy (non-hydrogen) atoms. The minimum Gasteiger partial charge on any atom is -0.465 e. The molecule has 1 aromatic carbocycles. The first-order valence-corrected chi connectivity index (χ1v) is 9.07. The van der Waals surface area contributed by atoms with E-state index in [0.29, 0.717) is 5.56 Å². The molecule has 1 aromatic heterocycles. The van der Waals surface area contributed by atoms with E-state index in [1.807, 2.05) is 18.2 Å². The molecule has 5 nitrogen and oxygen atoms in total.